The van der Waals surface area contributed by atoms with Crippen molar-refractivity contribution in [2.45, 2.75) is 31.8 Å². The average molecular weight is 300 g/mol. The standard InChI is InChI=1S/C12H18BrN3O/c13-11-5-9(14)7-16-12(11)15-6-8-1-3-10(17)4-2-8/h5,7-8,10,17H,1-4,6,14H2,(H,15,16). The topological polar surface area (TPSA) is 71.2 Å². The molecule has 0 saturated heterocycles. The molecule has 5 heteroatoms. The molecule has 0 aliphatic heterocycles. The number of pyridine rings is 1. The number of nitrogen functional groups attached to an aromatic ring is 1. The number of hydrogen-bond acceptors (Lipinski definition) is 4. The summed E-state index contributed by atoms with van der Waals surface area (Å²) < 4.78 is 0.897. The Morgan fingerprint density at radius 1 is 1.41 bits per heavy atom. The first-order valence-corrected chi connectivity index (χ1v) is 6.77. The van der Waals surface area contributed by atoms with Gasteiger partial charge in [-0.25, -0.2) is 4.98 Å². The van der Waals surface area contributed by atoms with Crippen molar-refractivity contribution in [3.8, 4) is 0 Å². The number of nitrogens with zero attached hydrogens (tertiary/aromatic N) is 1. The summed E-state index contributed by atoms with van der Waals surface area (Å²) in [7, 11) is 0. The first kappa shape index (κ1) is 12.6. The van der Waals surface area contributed by atoms with Gasteiger partial charge in [-0.05, 0) is 53.6 Å². The maximum atomic E-state index is 9.43. The fourth-order valence-electron chi connectivity index (χ4n) is 2.17. The summed E-state index contributed by atoms with van der Waals surface area (Å²) in [6.45, 7) is 0.905. The van der Waals surface area contributed by atoms with E-state index in [0.717, 1.165) is 42.5 Å². The molecule has 94 valence electrons. The Kier molecular flexibility index (Phi) is 4.23. The van der Waals surface area contributed by atoms with E-state index in [2.05, 4.69) is 26.2 Å². The van der Waals surface area contributed by atoms with Crippen LogP contribution in [0.15, 0.2) is 16.7 Å². The second-order valence-corrected chi connectivity index (χ2v) is 5.51. The van der Waals surface area contributed by atoms with Crippen LogP contribution in [0.4, 0.5) is 11.5 Å². The first-order chi connectivity index (χ1) is 8.15. The van der Waals surface area contributed by atoms with E-state index in [-0.39, 0.29) is 6.10 Å². The lowest BCUT2D eigenvalue weighted by Crippen LogP contribution is -2.23. The molecule has 0 bridgehead atoms. The summed E-state index contributed by atoms with van der Waals surface area (Å²) in [6, 6.07) is 1.85. The monoisotopic (exact) mass is 299 g/mol. The Bertz CT molecular complexity index is 378. The first-order valence-electron chi connectivity index (χ1n) is 5.98. The second-order valence-electron chi connectivity index (χ2n) is 4.65. The fraction of sp³-hybridized carbons (Fsp3) is 0.583. The van der Waals surface area contributed by atoms with Crippen molar-refractivity contribution in [3.05, 3.63) is 16.7 Å². The third-order valence-corrected chi connectivity index (χ3v) is 3.84. The van der Waals surface area contributed by atoms with E-state index < -0.39 is 0 Å². The summed E-state index contributed by atoms with van der Waals surface area (Å²) >= 11 is 3.44. The predicted octanol–water partition coefficient (Wildman–Crippen LogP) is 2.39. The molecule has 1 fully saturated rings. The van der Waals surface area contributed by atoms with Gasteiger partial charge in [0.05, 0.1) is 22.5 Å². The molecule has 1 aliphatic carbocycles. The molecular weight excluding hydrogens is 282 g/mol. The Hall–Kier alpha value is -0.810. The number of anilines is 2. The van der Waals surface area contributed by atoms with Crippen LogP contribution in [0.3, 0.4) is 0 Å². The van der Waals surface area contributed by atoms with Crippen LogP contribution >= 0.6 is 15.9 Å². The van der Waals surface area contributed by atoms with Crippen LogP contribution in [-0.4, -0.2) is 22.7 Å². The minimum Gasteiger partial charge on any atom is -0.397 e. The fourth-order valence-corrected chi connectivity index (χ4v) is 2.68. The van der Waals surface area contributed by atoms with Gasteiger partial charge in [0, 0.05) is 6.54 Å². The number of hydrogen-bond donors (Lipinski definition) is 3. The van der Waals surface area contributed by atoms with E-state index in [4.69, 9.17) is 5.73 Å². The van der Waals surface area contributed by atoms with Gasteiger partial charge in [0.25, 0.3) is 0 Å². The Morgan fingerprint density at radius 2 is 2.12 bits per heavy atom. The van der Waals surface area contributed by atoms with Gasteiger partial charge in [-0.3, -0.25) is 0 Å². The third-order valence-electron chi connectivity index (χ3n) is 3.24. The molecule has 0 radical (unpaired) electrons. The molecular formula is C12H18BrN3O. The normalized spacial score (nSPS) is 24.6. The minimum atomic E-state index is -0.0902. The number of aliphatic hydroxyl groups excluding tert-OH is 1. The van der Waals surface area contributed by atoms with Crippen LogP contribution in [0.25, 0.3) is 0 Å². The van der Waals surface area contributed by atoms with Crippen LogP contribution in [0.1, 0.15) is 25.7 Å². The van der Waals surface area contributed by atoms with Crippen molar-refractivity contribution in [2.75, 3.05) is 17.6 Å². The Labute approximate surface area is 110 Å². The van der Waals surface area contributed by atoms with Gasteiger partial charge >= 0.3 is 0 Å². The number of halogens is 1. The summed E-state index contributed by atoms with van der Waals surface area (Å²) in [6.07, 6.45) is 5.57. The quantitative estimate of drug-likeness (QED) is 0.801. The molecule has 1 aromatic heterocycles. The van der Waals surface area contributed by atoms with E-state index in [1.165, 1.54) is 0 Å². The summed E-state index contributed by atoms with van der Waals surface area (Å²) in [5, 5.41) is 12.8. The van der Waals surface area contributed by atoms with Crippen LogP contribution in [-0.2, 0) is 0 Å². The molecule has 0 aromatic carbocycles. The van der Waals surface area contributed by atoms with Crippen molar-refractivity contribution in [2.24, 2.45) is 5.92 Å². The SMILES string of the molecule is Nc1cnc(NCC2CCC(O)CC2)c(Br)c1. The zero-order chi connectivity index (χ0) is 12.3. The Balaban J connectivity index is 1.85. The van der Waals surface area contributed by atoms with Crippen molar-refractivity contribution in [1.29, 1.82) is 0 Å². The van der Waals surface area contributed by atoms with Gasteiger partial charge < -0.3 is 16.2 Å². The molecule has 1 saturated carbocycles. The highest BCUT2D eigenvalue weighted by atomic mass is 79.9. The summed E-state index contributed by atoms with van der Waals surface area (Å²) in [5.41, 5.74) is 6.29. The number of nitrogens with two attached hydrogens (primary N) is 1. The van der Waals surface area contributed by atoms with Gasteiger partial charge in [-0.2, -0.15) is 0 Å². The number of aromatic nitrogens is 1. The smallest absolute Gasteiger partial charge is 0.140 e. The molecule has 1 heterocycles. The number of nitrogens with one attached hydrogen (secondary N) is 1. The van der Waals surface area contributed by atoms with Gasteiger partial charge in [-0.1, -0.05) is 0 Å². The second kappa shape index (κ2) is 5.69. The van der Waals surface area contributed by atoms with Crippen LogP contribution in [0.2, 0.25) is 0 Å². The highest BCUT2D eigenvalue weighted by Gasteiger charge is 2.19. The van der Waals surface area contributed by atoms with Gasteiger partial charge in [-0.15, -0.1) is 0 Å². The van der Waals surface area contributed by atoms with Gasteiger partial charge in [0.2, 0.25) is 0 Å². The lowest BCUT2D eigenvalue weighted by atomic mass is 9.87. The van der Waals surface area contributed by atoms with E-state index in [0.29, 0.717) is 11.6 Å². The summed E-state index contributed by atoms with van der Waals surface area (Å²) in [5.74, 6) is 1.47. The molecule has 4 N–H and O–H groups in total. The highest BCUT2D eigenvalue weighted by molar-refractivity contribution is 9.10. The molecule has 0 amide bonds. The van der Waals surface area contributed by atoms with Crippen molar-refractivity contribution in [1.82, 2.24) is 4.98 Å². The predicted molar refractivity (Wildman–Crippen MR) is 72.8 cm³/mol. The van der Waals surface area contributed by atoms with Crippen LogP contribution in [0, 0.1) is 5.92 Å². The average Bonchev–Trinajstić information content (AvgIpc) is 2.30. The van der Waals surface area contributed by atoms with Crippen molar-refractivity contribution >= 4 is 27.4 Å². The lowest BCUT2D eigenvalue weighted by molar-refractivity contribution is 0.111. The van der Waals surface area contributed by atoms with E-state index in [1.807, 2.05) is 6.07 Å². The van der Waals surface area contributed by atoms with Crippen LogP contribution < -0.4 is 11.1 Å². The minimum absolute atomic E-state index is 0.0902. The molecule has 1 aromatic rings. The molecule has 17 heavy (non-hydrogen) atoms. The highest BCUT2D eigenvalue weighted by Crippen LogP contribution is 2.26. The zero-order valence-electron chi connectivity index (χ0n) is 9.69. The maximum absolute atomic E-state index is 9.43. The van der Waals surface area contributed by atoms with E-state index >= 15 is 0 Å². The van der Waals surface area contributed by atoms with Gasteiger partial charge in [0.15, 0.2) is 0 Å². The maximum Gasteiger partial charge on any atom is 0.140 e. The van der Waals surface area contributed by atoms with Crippen LogP contribution in [0.5, 0.6) is 0 Å². The molecule has 1 aliphatic rings. The number of aliphatic hydroxyl groups is 1. The molecule has 0 atom stereocenters. The molecule has 0 unspecified atom stereocenters. The zero-order valence-corrected chi connectivity index (χ0v) is 11.3. The molecule has 4 nitrogen and oxygen atoms in total. The largest absolute Gasteiger partial charge is 0.397 e. The van der Waals surface area contributed by atoms with Crippen molar-refractivity contribution < 1.29 is 5.11 Å². The van der Waals surface area contributed by atoms with E-state index in [9.17, 15) is 5.11 Å². The lowest BCUT2D eigenvalue weighted by Gasteiger charge is -2.25. The van der Waals surface area contributed by atoms with E-state index in [1.54, 1.807) is 6.20 Å². The molecule has 0 spiro atoms. The summed E-state index contributed by atoms with van der Waals surface area (Å²) in [4.78, 5) is 4.24. The number of rotatable bonds is 3. The third kappa shape index (κ3) is 3.57. The van der Waals surface area contributed by atoms with Crippen molar-refractivity contribution in [3.63, 3.8) is 0 Å². The van der Waals surface area contributed by atoms with Gasteiger partial charge in [0.1, 0.15) is 5.82 Å². The Morgan fingerprint density at radius 3 is 2.76 bits per heavy atom. The molecule has 2 rings (SSSR count).